The molecule has 36 heavy (non-hydrogen) atoms. The van der Waals surface area contributed by atoms with E-state index in [2.05, 4.69) is 57.6 Å². The maximum Gasteiger partial charge on any atom is 0.270 e. The largest absolute Gasteiger partial charge is 0.485 e. The van der Waals surface area contributed by atoms with Crippen LogP contribution in [0.4, 0.5) is 0 Å². The van der Waals surface area contributed by atoms with Gasteiger partial charge in [-0.2, -0.15) is 4.91 Å². The summed E-state index contributed by atoms with van der Waals surface area (Å²) in [5, 5.41) is 9.12. The van der Waals surface area contributed by atoms with E-state index in [0.717, 1.165) is 12.8 Å². The number of ether oxygens (including phenoxy) is 2. The van der Waals surface area contributed by atoms with Crippen molar-refractivity contribution in [3.05, 3.63) is 80.5 Å². The molecule has 3 aromatic rings. The Morgan fingerprint density at radius 1 is 1.22 bits per heavy atom. The van der Waals surface area contributed by atoms with E-state index in [1.165, 1.54) is 22.9 Å². The molecule has 0 aliphatic heterocycles. The highest BCUT2D eigenvalue weighted by atomic mass is 16.5. The first-order chi connectivity index (χ1) is 17.6. The third-order valence-electron chi connectivity index (χ3n) is 5.80. The summed E-state index contributed by atoms with van der Waals surface area (Å²) in [4.78, 5) is 30.9. The third-order valence-corrected chi connectivity index (χ3v) is 5.80. The fraction of sp³-hybridized carbons (Fsp3) is 0.440. The second-order valence-electron chi connectivity index (χ2n) is 8.13. The Labute approximate surface area is 209 Å². The zero-order valence-electron chi connectivity index (χ0n) is 20.6. The van der Waals surface area contributed by atoms with Crippen LogP contribution in [-0.2, 0) is 24.2 Å². The van der Waals surface area contributed by atoms with E-state index in [-0.39, 0.29) is 13.2 Å². The number of benzene rings is 1. The third kappa shape index (κ3) is 6.80. The molecule has 190 valence electrons. The minimum absolute atomic E-state index is 0.107. The van der Waals surface area contributed by atoms with Gasteiger partial charge in [-0.15, -0.1) is 0 Å². The minimum atomic E-state index is -0.600. The number of nitrogens with zero attached hydrogens (tertiary/aromatic N) is 6. The minimum Gasteiger partial charge on any atom is -0.485 e. The maximum atomic E-state index is 13.0. The Balaban J connectivity index is 1.70. The van der Waals surface area contributed by atoms with Crippen molar-refractivity contribution in [2.75, 3.05) is 26.3 Å². The van der Waals surface area contributed by atoms with Crippen LogP contribution in [0.2, 0.25) is 0 Å². The van der Waals surface area contributed by atoms with Crippen molar-refractivity contribution in [1.82, 2.24) is 14.7 Å². The number of nitrogens with one attached hydrogen (secondary N) is 1. The summed E-state index contributed by atoms with van der Waals surface area (Å²) in [6.07, 6.45) is 5.58. The molecule has 1 atom stereocenters. The van der Waals surface area contributed by atoms with Crippen molar-refractivity contribution in [2.24, 2.45) is 10.3 Å². The van der Waals surface area contributed by atoms with Crippen molar-refractivity contribution >= 4 is 11.6 Å². The highest BCUT2D eigenvalue weighted by molar-refractivity contribution is 5.93. The molecule has 0 saturated carbocycles. The van der Waals surface area contributed by atoms with Crippen molar-refractivity contribution in [1.29, 1.82) is 0 Å². The van der Waals surface area contributed by atoms with Crippen molar-refractivity contribution in [3.8, 4) is 5.75 Å². The lowest BCUT2D eigenvalue weighted by atomic mass is 9.98. The van der Waals surface area contributed by atoms with E-state index in [9.17, 15) is 9.70 Å². The van der Waals surface area contributed by atoms with Crippen LogP contribution in [0.5, 0.6) is 5.75 Å². The van der Waals surface area contributed by atoms with E-state index < -0.39 is 11.9 Å². The lowest BCUT2D eigenvalue weighted by molar-refractivity contribution is 0.0837. The van der Waals surface area contributed by atoms with Crippen LogP contribution in [-0.4, -0.2) is 47.6 Å². The molecule has 11 heteroatoms. The lowest BCUT2D eigenvalue weighted by Gasteiger charge is -2.16. The van der Waals surface area contributed by atoms with Gasteiger partial charge in [0.25, 0.3) is 5.91 Å². The number of nitroso groups, excluding NO2 is 1. The number of aryl methyl sites for hydroxylation is 2. The molecule has 0 radical (unpaired) electrons. The zero-order chi connectivity index (χ0) is 25.8. The van der Waals surface area contributed by atoms with E-state index >= 15 is 0 Å². The van der Waals surface area contributed by atoms with E-state index in [0.29, 0.717) is 43.3 Å². The fourth-order valence-corrected chi connectivity index (χ4v) is 3.95. The maximum absolute atomic E-state index is 13.0. The number of hydrogen-bond acceptors (Lipinski definition) is 7. The van der Waals surface area contributed by atoms with Crippen LogP contribution in [0.25, 0.3) is 16.1 Å². The number of azide groups is 1. The van der Waals surface area contributed by atoms with Gasteiger partial charge in [0.15, 0.2) is 11.4 Å². The first-order valence-corrected chi connectivity index (χ1v) is 12.0. The summed E-state index contributed by atoms with van der Waals surface area (Å²) in [5.41, 5.74) is 12.8. The van der Waals surface area contributed by atoms with Gasteiger partial charge in [-0.1, -0.05) is 42.3 Å². The van der Waals surface area contributed by atoms with E-state index in [1.54, 1.807) is 16.7 Å². The molecule has 0 fully saturated rings. The highest BCUT2D eigenvalue weighted by Gasteiger charge is 2.19. The Bertz CT molecular complexity index is 1200. The van der Waals surface area contributed by atoms with Crippen LogP contribution in [0, 0.1) is 4.91 Å². The summed E-state index contributed by atoms with van der Waals surface area (Å²) in [6, 6.07) is 9.33. The quantitative estimate of drug-likeness (QED) is 0.108. The first-order valence-electron chi connectivity index (χ1n) is 12.0. The predicted octanol–water partition coefficient (Wildman–Crippen LogP) is 4.62. The molecule has 1 N–H and O–H groups in total. The number of fused-ring (bicyclic) bond motifs is 1. The molecule has 0 aliphatic rings. The van der Waals surface area contributed by atoms with Gasteiger partial charge in [0, 0.05) is 24.3 Å². The number of pyridine rings is 1. The Kier molecular flexibility index (Phi) is 10.2. The van der Waals surface area contributed by atoms with Gasteiger partial charge in [0.1, 0.15) is 18.8 Å². The smallest absolute Gasteiger partial charge is 0.270 e. The molecule has 11 nitrogen and oxygen atoms in total. The van der Waals surface area contributed by atoms with Crippen LogP contribution < -0.4 is 10.1 Å². The molecule has 0 aliphatic carbocycles. The zero-order valence-corrected chi connectivity index (χ0v) is 20.6. The normalized spacial score (nSPS) is 11.6. The lowest BCUT2D eigenvalue weighted by Crippen LogP contribution is -2.41. The van der Waals surface area contributed by atoms with Gasteiger partial charge < -0.3 is 14.8 Å². The summed E-state index contributed by atoms with van der Waals surface area (Å²) >= 11 is 0. The Morgan fingerprint density at radius 3 is 2.69 bits per heavy atom. The average molecular weight is 494 g/mol. The number of aromatic nitrogens is 2. The van der Waals surface area contributed by atoms with Gasteiger partial charge in [-0.3, -0.25) is 9.20 Å². The Morgan fingerprint density at radius 2 is 2.00 bits per heavy atom. The van der Waals surface area contributed by atoms with Crippen LogP contribution in [0.3, 0.4) is 0 Å². The van der Waals surface area contributed by atoms with Crippen LogP contribution in [0.1, 0.15) is 47.4 Å². The SMILES string of the molecule is CCc1cccc(CC)c1COc1cccn2c(C(=O)NC(CN=O)COCCCN=[N+]=[N-])cnc12. The molecule has 2 aromatic heterocycles. The first kappa shape index (κ1) is 26.7. The number of rotatable bonds is 15. The molecular formula is C25H31N7O4. The monoisotopic (exact) mass is 493 g/mol. The number of amides is 1. The number of carbonyl (C=O) groups excluding carboxylic acids is 1. The molecule has 2 heterocycles. The standard InChI is InChI=1S/C25H31N7O4/c1-3-18-8-5-9-19(4-2)21(18)17-36-23-10-6-12-32-22(15-27-24(23)32)25(33)30-20(14-29-34)16-35-13-7-11-28-31-26/h5-6,8-10,12,15,20H,3-4,7,11,13-14,16-17H2,1-2H3,(H,30,33). The molecule has 0 saturated heterocycles. The number of hydrogen-bond donors (Lipinski definition) is 1. The van der Waals surface area contributed by atoms with Crippen LogP contribution in [0.15, 0.2) is 53.0 Å². The topological polar surface area (TPSA) is 143 Å². The van der Waals surface area contributed by atoms with Crippen molar-refractivity contribution in [2.45, 2.75) is 45.8 Å². The summed E-state index contributed by atoms with van der Waals surface area (Å²) in [6.45, 7) is 5.28. The van der Waals surface area contributed by atoms with E-state index in [4.69, 9.17) is 15.0 Å². The second kappa shape index (κ2) is 13.8. The second-order valence-corrected chi connectivity index (χ2v) is 8.13. The molecule has 1 amide bonds. The molecule has 1 unspecified atom stereocenters. The molecule has 3 rings (SSSR count). The van der Waals surface area contributed by atoms with Crippen molar-refractivity contribution < 1.29 is 14.3 Å². The molecule has 0 spiro atoms. The van der Waals surface area contributed by atoms with Crippen LogP contribution >= 0.6 is 0 Å². The van der Waals surface area contributed by atoms with Gasteiger partial charge >= 0.3 is 0 Å². The molecule has 1 aromatic carbocycles. The molecule has 0 bridgehead atoms. The van der Waals surface area contributed by atoms with Gasteiger partial charge in [-0.05, 0) is 53.6 Å². The van der Waals surface area contributed by atoms with Gasteiger partial charge in [0.05, 0.1) is 18.8 Å². The molecular weight excluding hydrogens is 462 g/mol. The average Bonchev–Trinajstić information content (AvgIpc) is 3.34. The fourth-order valence-electron chi connectivity index (χ4n) is 3.95. The van der Waals surface area contributed by atoms with Gasteiger partial charge in [0.2, 0.25) is 0 Å². The van der Waals surface area contributed by atoms with Crippen molar-refractivity contribution in [3.63, 3.8) is 0 Å². The summed E-state index contributed by atoms with van der Waals surface area (Å²) < 4.78 is 13.3. The number of imidazole rings is 1. The number of carbonyl (C=O) groups is 1. The summed E-state index contributed by atoms with van der Waals surface area (Å²) in [5.74, 6) is 0.162. The Hall–Kier alpha value is -3.95. The van der Waals surface area contributed by atoms with Gasteiger partial charge in [-0.25, -0.2) is 4.98 Å². The summed E-state index contributed by atoms with van der Waals surface area (Å²) in [7, 11) is 0. The predicted molar refractivity (Wildman–Crippen MR) is 136 cm³/mol. The highest BCUT2D eigenvalue weighted by Crippen LogP contribution is 2.23. The van der Waals surface area contributed by atoms with E-state index in [1.807, 2.05) is 6.07 Å².